The molecule has 0 aliphatic heterocycles. The van der Waals surface area contributed by atoms with Gasteiger partial charge in [0.05, 0.1) is 18.4 Å². The molecule has 0 unspecified atom stereocenters. The molecule has 1 heterocycles. The molecule has 0 radical (unpaired) electrons. The summed E-state index contributed by atoms with van der Waals surface area (Å²) in [6, 6.07) is 9.89. The normalized spacial score (nSPS) is 10.9. The molecule has 0 saturated heterocycles. The van der Waals surface area contributed by atoms with E-state index in [4.69, 9.17) is 4.74 Å². The van der Waals surface area contributed by atoms with Crippen LogP contribution in [0, 0.1) is 0 Å². The Morgan fingerprint density at radius 1 is 1.35 bits per heavy atom. The molecule has 0 fully saturated rings. The van der Waals surface area contributed by atoms with E-state index in [2.05, 4.69) is 10.4 Å². The number of amides is 1. The largest absolute Gasteiger partial charge is 0.385 e. The van der Waals surface area contributed by atoms with Crippen LogP contribution >= 0.6 is 0 Å². The summed E-state index contributed by atoms with van der Waals surface area (Å²) in [5.74, 6) is 0.0115. The van der Waals surface area contributed by atoms with Crippen LogP contribution in [0.25, 0.3) is 5.69 Å². The summed E-state index contributed by atoms with van der Waals surface area (Å²) in [6.07, 6.45) is 4.62. The second kappa shape index (κ2) is 9.07. The minimum Gasteiger partial charge on any atom is -0.385 e. The zero-order valence-electron chi connectivity index (χ0n) is 13.7. The average molecular weight is 316 g/mol. The molecular weight excluding hydrogens is 292 g/mol. The summed E-state index contributed by atoms with van der Waals surface area (Å²) in [5, 5.41) is 7.24. The minimum absolute atomic E-state index is 0.0115. The second-order valence-corrected chi connectivity index (χ2v) is 5.49. The van der Waals surface area contributed by atoms with Gasteiger partial charge in [-0.2, -0.15) is 5.10 Å². The summed E-state index contributed by atoms with van der Waals surface area (Å²) < 4.78 is 6.81. The first-order valence-corrected chi connectivity index (χ1v) is 7.72. The molecule has 0 spiro atoms. The number of rotatable bonds is 9. The molecule has 1 aromatic carbocycles. The Balaban J connectivity index is 1.75. The van der Waals surface area contributed by atoms with Gasteiger partial charge in [-0.25, -0.2) is 4.68 Å². The van der Waals surface area contributed by atoms with Crippen LogP contribution in [0.4, 0.5) is 0 Å². The SMILES string of the molecule is COCCCN(C)CC(=O)NCc1cnn(-c2ccccc2)c1. The summed E-state index contributed by atoms with van der Waals surface area (Å²) in [7, 11) is 3.62. The van der Waals surface area contributed by atoms with Crippen molar-refractivity contribution in [1.82, 2.24) is 20.0 Å². The molecular formula is C17H24N4O2. The number of carbonyl (C=O) groups excluding carboxylic acids is 1. The number of benzene rings is 1. The third-order valence-electron chi connectivity index (χ3n) is 3.45. The highest BCUT2D eigenvalue weighted by Gasteiger charge is 2.07. The van der Waals surface area contributed by atoms with E-state index in [0.717, 1.165) is 24.2 Å². The van der Waals surface area contributed by atoms with Crippen LogP contribution in [0.5, 0.6) is 0 Å². The van der Waals surface area contributed by atoms with Crippen LogP contribution in [-0.4, -0.2) is 54.4 Å². The van der Waals surface area contributed by atoms with E-state index in [1.54, 1.807) is 18.0 Å². The fourth-order valence-corrected chi connectivity index (χ4v) is 2.23. The van der Waals surface area contributed by atoms with Crippen molar-refractivity contribution < 1.29 is 9.53 Å². The lowest BCUT2D eigenvalue weighted by Gasteiger charge is -2.15. The molecule has 0 aliphatic rings. The lowest BCUT2D eigenvalue weighted by atomic mass is 10.3. The number of aromatic nitrogens is 2. The van der Waals surface area contributed by atoms with Crippen molar-refractivity contribution in [3.63, 3.8) is 0 Å². The van der Waals surface area contributed by atoms with Gasteiger partial charge in [-0.3, -0.25) is 9.69 Å². The lowest BCUT2D eigenvalue weighted by Crippen LogP contribution is -2.35. The highest BCUT2D eigenvalue weighted by atomic mass is 16.5. The van der Waals surface area contributed by atoms with E-state index >= 15 is 0 Å². The Bertz CT molecular complexity index is 598. The highest BCUT2D eigenvalue weighted by molar-refractivity contribution is 5.77. The Morgan fingerprint density at radius 2 is 2.13 bits per heavy atom. The Hall–Kier alpha value is -2.18. The fraction of sp³-hybridized carbons (Fsp3) is 0.412. The number of para-hydroxylation sites is 1. The predicted octanol–water partition coefficient (Wildman–Crippen LogP) is 1.46. The van der Waals surface area contributed by atoms with Crippen molar-refractivity contribution >= 4 is 5.91 Å². The number of carbonyl (C=O) groups is 1. The maximum absolute atomic E-state index is 11.9. The minimum atomic E-state index is 0.0115. The fourth-order valence-electron chi connectivity index (χ4n) is 2.23. The first-order valence-electron chi connectivity index (χ1n) is 7.72. The first kappa shape index (κ1) is 17.2. The second-order valence-electron chi connectivity index (χ2n) is 5.49. The molecule has 1 amide bonds. The van der Waals surface area contributed by atoms with E-state index in [1.807, 2.05) is 48.5 Å². The van der Waals surface area contributed by atoms with Crippen molar-refractivity contribution in [3.05, 3.63) is 48.3 Å². The predicted molar refractivity (Wildman–Crippen MR) is 89.4 cm³/mol. The van der Waals surface area contributed by atoms with E-state index < -0.39 is 0 Å². The summed E-state index contributed by atoms with van der Waals surface area (Å²) in [4.78, 5) is 13.9. The van der Waals surface area contributed by atoms with Gasteiger partial charge in [0.1, 0.15) is 0 Å². The van der Waals surface area contributed by atoms with Crippen molar-refractivity contribution in [2.75, 3.05) is 33.9 Å². The molecule has 6 heteroatoms. The Morgan fingerprint density at radius 3 is 2.87 bits per heavy atom. The van der Waals surface area contributed by atoms with Crippen molar-refractivity contribution in [2.45, 2.75) is 13.0 Å². The van der Waals surface area contributed by atoms with Gasteiger partial charge >= 0.3 is 0 Å². The zero-order valence-corrected chi connectivity index (χ0v) is 13.7. The van der Waals surface area contributed by atoms with Gasteiger partial charge < -0.3 is 10.1 Å². The standard InChI is InChI=1S/C17H24N4O2/c1-20(9-6-10-23-2)14-17(22)18-11-15-12-19-21(13-15)16-7-4-3-5-8-16/h3-5,7-8,12-13H,6,9-11,14H2,1-2H3,(H,18,22). The van der Waals surface area contributed by atoms with Gasteiger partial charge in [0.15, 0.2) is 0 Å². The quantitative estimate of drug-likeness (QED) is 0.712. The van der Waals surface area contributed by atoms with Gasteiger partial charge in [0.2, 0.25) is 5.91 Å². The molecule has 0 saturated carbocycles. The van der Waals surface area contributed by atoms with Crippen LogP contribution in [0.15, 0.2) is 42.7 Å². The van der Waals surface area contributed by atoms with Crippen molar-refractivity contribution in [1.29, 1.82) is 0 Å². The van der Waals surface area contributed by atoms with E-state index in [0.29, 0.717) is 19.7 Å². The number of hydrogen-bond acceptors (Lipinski definition) is 4. The van der Waals surface area contributed by atoms with Gasteiger partial charge in [-0.1, -0.05) is 18.2 Å². The molecule has 0 atom stereocenters. The first-order chi connectivity index (χ1) is 11.2. The number of hydrogen-bond donors (Lipinski definition) is 1. The van der Waals surface area contributed by atoms with Gasteiger partial charge in [-0.05, 0) is 25.6 Å². The average Bonchev–Trinajstić information content (AvgIpc) is 3.03. The molecule has 1 N–H and O–H groups in total. The van der Waals surface area contributed by atoms with Crippen molar-refractivity contribution in [3.8, 4) is 5.69 Å². The molecule has 2 aromatic rings. The van der Waals surface area contributed by atoms with Crippen molar-refractivity contribution in [2.24, 2.45) is 0 Å². The highest BCUT2D eigenvalue weighted by Crippen LogP contribution is 2.07. The summed E-state index contributed by atoms with van der Waals surface area (Å²) in [6.45, 7) is 2.42. The Kier molecular flexibility index (Phi) is 6.77. The number of ether oxygens (including phenoxy) is 1. The molecule has 2 rings (SSSR count). The monoisotopic (exact) mass is 316 g/mol. The third kappa shape index (κ3) is 5.84. The maximum Gasteiger partial charge on any atom is 0.234 e. The molecule has 0 aliphatic carbocycles. The lowest BCUT2D eigenvalue weighted by molar-refractivity contribution is -0.122. The van der Waals surface area contributed by atoms with Gasteiger partial charge in [0, 0.05) is 38.6 Å². The number of nitrogens with one attached hydrogen (secondary N) is 1. The smallest absolute Gasteiger partial charge is 0.234 e. The number of methoxy groups -OCH3 is 1. The van der Waals surface area contributed by atoms with Crippen LogP contribution in [-0.2, 0) is 16.1 Å². The molecule has 23 heavy (non-hydrogen) atoms. The summed E-state index contributed by atoms with van der Waals surface area (Å²) in [5.41, 5.74) is 1.98. The molecule has 0 bridgehead atoms. The Labute approximate surface area is 137 Å². The van der Waals surface area contributed by atoms with Gasteiger partial charge in [-0.15, -0.1) is 0 Å². The molecule has 124 valence electrons. The van der Waals surface area contributed by atoms with E-state index in [1.165, 1.54) is 0 Å². The van der Waals surface area contributed by atoms with Crippen LogP contribution in [0.2, 0.25) is 0 Å². The maximum atomic E-state index is 11.9. The number of likely N-dealkylation sites (N-methyl/N-ethyl adjacent to an activating group) is 1. The topological polar surface area (TPSA) is 59.4 Å². The molecule has 6 nitrogen and oxygen atoms in total. The van der Waals surface area contributed by atoms with Crippen LogP contribution in [0.3, 0.4) is 0 Å². The van der Waals surface area contributed by atoms with Gasteiger partial charge in [0.25, 0.3) is 0 Å². The zero-order chi connectivity index (χ0) is 16.5. The van der Waals surface area contributed by atoms with Crippen LogP contribution < -0.4 is 5.32 Å². The van der Waals surface area contributed by atoms with E-state index in [9.17, 15) is 4.79 Å². The van der Waals surface area contributed by atoms with Crippen LogP contribution in [0.1, 0.15) is 12.0 Å². The third-order valence-corrected chi connectivity index (χ3v) is 3.45. The molecule has 1 aromatic heterocycles. The number of nitrogens with zero attached hydrogens (tertiary/aromatic N) is 3. The summed E-state index contributed by atoms with van der Waals surface area (Å²) >= 11 is 0. The van der Waals surface area contributed by atoms with E-state index in [-0.39, 0.29) is 5.91 Å².